The van der Waals surface area contributed by atoms with E-state index in [2.05, 4.69) is 13.8 Å². The summed E-state index contributed by atoms with van der Waals surface area (Å²) in [6, 6.07) is 17.3. The molecule has 0 saturated heterocycles. The molecular formula is C28H39NO3. The summed E-state index contributed by atoms with van der Waals surface area (Å²) in [6.07, 6.45) is 9.41. The fourth-order valence-electron chi connectivity index (χ4n) is 3.88. The topological polar surface area (TPSA) is 61.5 Å². The Labute approximate surface area is 193 Å². The Bertz CT molecular complexity index is 828. The standard InChI is InChI=1S/C28H39NO3/c1-4-6-8-10-14-22(13-7-5-2)21-32-28(30)27(29)26(23-15-11-9-12-16-23)24-17-19-25(31-3)20-18-24/h9,11-12,15-20,22H,4-8,10,13-14,21,29H2,1-3H3/b27-26-. The van der Waals surface area contributed by atoms with Crippen LogP contribution in [0.25, 0.3) is 5.57 Å². The van der Waals surface area contributed by atoms with Crippen molar-refractivity contribution < 1.29 is 14.3 Å². The number of benzene rings is 2. The SMILES string of the molecule is CCCCCCC(CCCC)COC(=O)/C(N)=C(\c1ccccc1)c1ccc(OC)cc1. The van der Waals surface area contributed by atoms with Gasteiger partial charge in [0.15, 0.2) is 0 Å². The first-order valence-electron chi connectivity index (χ1n) is 12.0. The predicted octanol–water partition coefficient (Wildman–Crippen LogP) is 6.73. The van der Waals surface area contributed by atoms with Gasteiger partial charge in [-0.3, -0.25) is 0 Å². The van der Waals surface area contributed by atoms with E-state index in [0.717, 1.165) is 42.6 Å². The van der Waals surface area contributed by atoms with Crippen molar-refractivity contribution in [3.05, 3.63) is 71.4 Å². The Morgan fingerprint density at radius 1 is 0.844 bits per heavy atom. The maximum atomic E-state index is 13.0. The van der Waals surface area contributed by atoms with Gasteiger partial charge < -0.3 is 15.2 Å². The molecule has 4 heteroatoms. The third-order valence-corrected chi connectivity index (χ3v) is 5.81. The monoisotopic (exact) mass is 437 g/mol. The van der Waals surface area contributed by atoms with Gasteiger partial charge in [-0.05, 0) is 42.0 Å². The van der Waals surface area contributed by atoms with Crippen LogP contribution in [-0.2, 0) is 9.53 Å². The first kappa shape index (κ1) is 25.5. The van der Waals surface area contributed by atoms with Crippen LogP contribution in [0, 0.1) is 5.92 Å². The minimum atomic E-state index is -0.449. The summed E-state index contributed by atoms with van der Waals surface area (Å²) in [4.78, 5) is 13.0. The van der Waals surface area contributed by atoms with Crippen molar-refractivity contribution >= 4 is 11.5 Å². The molecule has 0 radical (unpaired) electrons. The van der Waals surface area contributed by atoms with E-state index < -0.39 is 5.97 Å². The number of esters is 1. The molecule has 1 unspecified atom stereocenters. The highest BCUT2D eigenvalue weighted by molar-refractivity contribution is 6.01. The van der Waals surface area contributed by atoms with Crippen LogP contribution in [0.15, 0.2) is 60.3 Å². The average Bonchev–Trinajstić information content (AvgIpc) is 2.84. The van der Waals surface area contributed by atoms with Crippen molar-refractivity contribution in [2.75, 3.05) is 13.7 Å². The van der Waals surface area contributed by atoms with Crippen molar-refractivity contribution in [3.63, 3.8) is 0 Å². The van der Waals surface area contributed by atoms with E-state index in [9.17, 15) is 4.79 Å². The number of ether oxygens (including phenoxy) is 2. The molecule has 0 heterocycles. The van der Waals surface area contributed by atoms with E-state index in [1.54, 1.807) is 7.11 Å². The maximum Gasteiger partial charge on any atom is 0.354 e. The van der Waals surface area contributed by atoms with E-state index in [1.807, 2.05) is 54.6 Å². The summed E-state index contributed by atoms with van der Waals surface area (Å²) in [7, 11) is 1.63. The normalized spacial score (nSPS) is 12.7. The van der Waals surface area contributed by atoms with Gasteiger partial charge in [-0.15, -0.1) is 0 Å². The molecule has 0 saturated carbocycles. The number of unbranched alkanes of at least 4 members (excludes halogenated alkanes) is 4. The maximum absolute atomic E-state index is 13.0. The zero-order valence-corrected chi connectivity index (χ0v) is 19.9. The Balaban J connectivity index is 2.18. The predicted molar refractivity (Wildman–Crippen MR) is 132 cm³/mol. The lowest BCUT2D eigenvalue weighted by atomic mass is 9.95. The molecule has 0 bridgehead atoms. The van der Waals surface area contributed by atoms with E-state index in [0.29, 0.717) is 18.1 Å². The molecular weight excluding hydrogens is 398 g/mol. The molecule has 0 aliphatic rings. The van der Waals surface area contributed by atoms with Crippen molar-refractivity contribution in [2.45, 2.75) is 65.2 Å². The van der Waals surface area contributed by atoms with Crippen LogP contribution in [0.4, 0.5) is 0 Å². The van der Waals surface area contributed by atoms with Gasteiger partial charge in [-0.2, -0.15) is 0 Å². The lowest BCUT2D eigenvalue weighted by molar-refractivity contribution is -0.140. The average molecular weight is 438 g/mol. The number of nitrogens with two attached hydrogens (primary N) is 1. The van der Waals surface area contributed by atoms with E-state index in [4.69, 9.17) is 15.2 Å². The minimum absolute atomic E-state index is 0.140. The quantitative estimate of drug-likeness (QED) is 0.202. The largest absolute Gasteiger partial charge is 0.497 e. The summed E-state index contributed by atoms with van der Waals surface area (Å²) in [5.74, 6) is 0.698. The van der Waals surface area contributed by atoms with Crippen LogP contribution in [-0.4, -0.2) is 19.7 Å². The Kier molecular flexibility index (Phi) is 11.4. The van der Waals surface area contributed by atoms with Crippen LogP contribution in [0.1, 0.15) is 76.3 Å². The second kappa shape index (κ2) is 14.3. The molecule has 0 aliphatic heterocycles. The van der Waals surface area contributed by atoms with Crippen molar-refractivity contribution in [3.8, 4) is 5.75 Å². The minimum Gasteiger partial charge on any atom is -0.497 e. The number of hydrogen-bond donors (Lipinski definition) is 1. The molecule has 2 N–H and O–H groups in total. The zero-order valence-electron chi connectivity index (χ0n) is 19.9. The van der Waals surface area contributed by atoms with E-state index in [-0.39, 0.29) is 5.70 Å². The summed E-state index contributed by atoms with van der Waals surface area (Å²) in [5.41, 5.74) is 8.96. The van der Waals surface area contributed by atoms with Gasteiger partial charge in [0.05, 0.1) is 13.7 Å². The van der Waals surface area contributed by atoms with Crippen LogP contribution in [0.3, 0.4) is 0 Å². The van der Waals surface area contributed by atoms with Gasteiger partial charge in [0.25, 0.3) is 0 Å². The molecule has 0 amide bonds. The molecule has 174 valence electrons. The van der Waals surface area contributed by atoms with Gasteiger partial charge in [-0.25, -0.2) is 4.79 Å². The number of methoxy groups -OCH3 is 1. The third-order valence-electron chi connectivity index (χ3n) is 5.81. The zero-order chi connectivity index (χ0) is 23.2. The highest BCUT2D eigenvalue weighted by atomic mass is 16.5. The van der Waals surface area contributed by atoms with Crippen LogP contribution >= 0.6 is 0 Å². The molecule has 0 aliphatic carbocycles. The van der Waals surface area contributed by atoms with Crippen molar-refractivity contribution in [2.24, 2.45) is 11.7 Å². The molecule has 0 spiro atoms. The molecule has 2 rings (SSSR count). The van der Waals surface area contributed by atoms with Crippen LogP contribution in [0.2, 0.25) is 0 Å². The lowest BCUT2D eigenvalue weighted by Gasteiger charge is -2.18. The number of hydrogen-bond acceptors (Lipinski definition) is 4. The summed E-state index contributed by atoms with van der Waals surface area (Å²) >= 11 is 0. The van der Waals surface area contributed by atoms with Crippen LogP contribution < -0.4 is 10.5 Å². The van der Waals surface area contributed by atoms with Crippen molar-refractivity contribution in [1.82, 2.24) is 0 Å². The number of carbonyl (C=O) groups excluding carboxylic acids is 1. The smallest absolute Gasteiger partial charge is 0.354 e. The fourth-order valence-corrected chi connectivity index (χ4v) is 3.88. The third kappa shape index (κ3) is 8.07. The molecule has 32 heavy (non-hydrogen) atoms. The molecule has 2 aromatic carbocycles. The van der Waals surface area contributed by atoms with Gasteiger partial charge >= 0.3 is 5.97 Å². The molecule has 0 fully saturated rings. The Morgan fingerprint density at radius 3 is 2.09 bits per heavy atom. The van der Waals surface area contributed by atoms with Gasteiger partial charge in [-0.1, -0.05) is 94.8 Å². The second-order valence-corrected chi connectivity index (χ2v) is 8.34. The summed E-state index contributed by atoms with van der Waals surface area (Å²) in [6.45, 7) is 4.84. The molecule has 4 nitrogen and oxygen atoms in total. The van der Waals surface area contributed by atoms with Gasteiger partial charge in [0.2, 0.25) is 0 Å². The highest BCUT2D eigenvalue weighted by Crippen LogP contribution is 2.28. The second-order valence-electron chi connectivity index (χ2n) is 8.34. The molecule has 1 atom stereocenters. The van der Waals surface area contributed by atoms with Gasteiger partial charge in [0.1, 0.15) is 11.4 Å². The number of carbonyl (C=O) groups is 1. The fraction of sp³-hybridized carbons (Fsp3) is 0.464. The molecule has 2 aromatic rings. The Morgan fingerprint density at radius 2 is 1.47 bits per heavy atom. The highest BCUT2D eigenvalue weighted by Gasteiger charge is 2.19. The van der Waals surface area contributed by atoms with E-state index in [1.165, 1.54) is 25.7 Å². The number of rotatable bonds is 14. The van der Waals surface area contributed by atoms with Gasteiger partial charge in [0, 0.05) is 5.57 Å². The van der Waals surface area contributed by atoms with Crippen molar-refractivity contribution in [1.29, 1.82) is 0 Å². The summed E-state index contributed by atoms with van der Waals surface area (Å²) < 4.78 is 11.0. The first-order chi connectivity index (χ1) is 15.6. The first-order valence-corrected chi connectivity index (χ1v) is 12.0. The molecule has 0 aromatic heterocycles. The lowest BCUT2D eigenvalue weighted by Crippen LogP contribution is -2.21. The van der Waals surface area contributed by atoms with E-state index >= 15 is 0 Å². The van der Waals surface area contributed by atoms with Crippen LogP contribution in [0.5, 0.6) is 5.75 Å². The summed E-state index contributed by atoms with van der Waals surface area (Å²) in [5, 5.41) is 0. The Hall–Kier alpha value is -2.75.